The predicted molar refractivity (Wildman–Crippen MR) is 102 cm³/mol. The number of ether oxygens (including phenoxy) is 3. The summed E-state index contributed by atoms with van der Waals surface area (Å²) in [6, 6.07) is 8.98. The fourth-order valence-corrected chi connectivity index (χ4v) is 3.20. The van der Waals surface area contributed by atoms with Gasteiger partial charge < -0.3 is 14.2 Å². The molecular weight excluding hydrogens is 382 g/mol. The van der Waals surface area contributed by atoms with Crippen LogP contribution in [0.2, 0.25) is 5.02 Å². The van der Waals surface area contributed by atoms with E-state index in [0.29, 0.717) is 46.8 Å². The predicted octanol–water partition coefficient (Wildman–Crippen LogP) is 3.75. The van der Waals surface area contributed by atoms with Crippen molar-refractivity contribution in [3.8, 4) is 17.3 Å². The summed E-state index contributed by atoms with van der Waals surface area (Å²) in [5.74, 6) is 1.26. The number of aromatic nitrogens is 3. The highest BCUT2D eigenvalue weighted by atomic mass is 35.5. The SMILES string of the molecule is Cc1c(C(=O)OCc2cc(Cl)c3c(c2)OCCCO3)cnn1-c1ccccn1. The van der Waals surface area contributed by atoms with E-state index >= 15 is 0 Å². The van der Waals surface area contributed by atoms with Crippen LogP contribution in [0.25, 0.3) is 5.82 Å². The molecule has 7 nitrogen and oxygen atoms in total. The minimum Gasteiger partial charge on any atom is -0.489 e. The molecule has 0 saturated carbocycles. The average Bonchev–Trinajstić information content (AvgIpc) is 2.93. The van der Waals surface area contributed by atoms with Crippen molar-refractivity contribution in [1.82, 2.24) is 14.8 Å². The van der Waals surface area contributed by atoms with Gasteiger partial charge in [0.15, 0.2) is 17.3 Å². The fraction of sp³-hybridized carbons (Fsp3) is 0.250. The highest BCUT2D eigenvalue weighted by Gasteiger charge is 2.19. The first-order valence-electron chi connectivity index (χ1n) is 8.84. The van der Waals surface area contributed by atoms with Crippen LogP contribution in [0.3, 0.4) is 0 Å². The molecule has 0 aliphatic carbocycles. The van der Waals surface area contributed by atoms with E-state index in [2.05, 4.69) is 10.1 Å². The van der Waals surface area contributed by atoms with Crippen LogP contribution in [0.5, 0.6) is 11.5 Å². The number of benzene rings is 1. The van der Waals surface area contributed by atoms with Gasteiger partial charge in [0.25, 0.3) is 0 Å². The van der Waals surface area contributed by atoms with Crippen molar-refractivity contribution in [1.29, 1.82) is 0 Å². The van der Waals surface area contributed by atoms with Gasteiger partial charge >= 0.3 is 5.97 Å². The zero-order valence-corrected chi connectivity index (χ0v) is 16.0. The molecule has 2 aromatic heterocycles. The third-order valence-electron chi connectivity index (χ3n) is 4.33. The quantitative estimate of drug-likeness (QED) is 0.622. The Morgan fingerprint density at radius 2 is 2.14 bits per heavy atom. The van der Waals surface area contributed by atoms with Crippen LogP contribution in [0.1, 0.15) is 28.0 Å². The lowest BCUT2D eigenvalue weighted by molar-refractivity contribution is 0.0471. The van der Waals surface area contributed by atoms with Crippen molar-refractivity contribution in [3.63, 3.8) is 0 Å². The van der Waals surface area contributed by atoms with Crippen LogP contribution in [0, 0.1) is 6.92 Å². The lowest BCUT2D eigenvalue weighted by Crippen LogP contribution is -2.08. The molecule has 4 rings (SSSR count). The topological polar surface area (TPSA) is 75.5 Å². The number of carbonyl (C=O) groups excluding carboxylic acids is 1. The Morgan fingerprint density at radius 3 is 2.96 bits per heavy atom. The molecule has 0 bridgehead atoms. The van der Waals surface area contributed by atoms with Crippen LogP contribution in [0.15, 0.2) is 42.7 Å². The van der Waals surface area contributed by atoms with Gasteiger partial charge in [-0.3, -0.25) is 0 Å². The largest absolute Gasteiger partial charge is 0.489 e. The molecule has 144 valence electrons. The first-order chi connectivity index (χ1) is 13.6. The molecule has 3 heterocycles. The Morgan fingerprint density at radius 1 is 1.29 bits per heavy atom. The minimum absolute atomic E-state index is 0.0589. The second-order valence-corrected chi connectivity index (χ2v) is 6.68. The first-order valence-corrected chi connectivity index (χ1v) is 9.22. The van der Waals surface area contributed by atoms with Crippen molar-refractivity contribution in [3.05, 3.63) is 64.6 Å². The molecule has 0 N–H and O–H groups in total. The lowest BCUT2D eigenvalue weighted by Gasteiger charge is -2.12. The second-order valence-electron chi connectivity index (χ2n) is 6.27. The number of esters is 1. The van der Waals surface area contributed by atoms with Crippen molar-refractivity contribution in [2.24, 2.45) is 0 Å². The van der Waals surface area contributed by atoms with E-state index in [0.717, 1.165) is 12.0 Å². The fourth-order valence-electron chi connectivity index (χ4n) is 2.91. The maximum absolute atomic E-state index is 12.5. The Balaban J connectivity index is 1.49. The van der Waals surface area contributed by atoms with Gasteiger partial charge in [-0.1, -0.05) is 17.7 Å². The molecule has 28 heavy (non-hydrogen) atoms. The monoisotopic (exact) mass is 399 g/mol. The summed E-state index contributed by atoms with van der Waals surface area (Å²) in [5.41, 5.74) is 1.75. The highest BCUT2D eigenvalue weighted by Crippen LogP contribution is 2.38. The van der Waals surface area contributed by atoms with E-state index in [1.807, 2.05) is 18.2 Å². The maximum atomic E-state index is 12.5. The molecule has 0 saturated heterocycles. The molecule has 0 fully saturated rings. The summed E-state index contributed by atoms with van der Waals surface area (Å²) in [4.78, 5) is 16.8. The van der Waals surface area contributed by atoms with E-state index in [1.54, 1.807) is 29.9 Å². The number of rotatable bonds is 4. The van der Waals surface area contributed by atoms with Gasteiger partial charge in [0, 0.05) is 12.6 Å². The minimum atomic E-state index is -0.470. The van der Waals surface area contributed by atoms with Gasteiger partial charge in [0.05, 0.1) is 30.1 Å². The zero-order valence-electron chi connectivity index (χ0n) is 15.2. The van der Waals surface area contributed by atoms with Crippen LogP contribution in [-0.4, -0.2) is 33.9 Å². The van der Waals surface area contributed by atoms with E-state index in [-0.39, 0.29) is 6.61 Å². The van der Waals surface area contributed by atoms with Crippen LogP contribution >= 0.6 is 11.6 Å². The van der Waals surface area contributed by atoms with Gasteiger partial charge in [0.1, 0.15) is 12.2 Å². The maximum Gasteiger partial charge on any atom is 0.341 e. The van der Waals surface area contributed by atoms with Crippen LogP contribution in [0.4, 0.5) is 0 Å². The van der Waals surface area contributed by atoms with Gasteiger partial charge in [0.2, 0.25) is 0 Å². The van der Waals surface area contributed by atoms with Gasteiger partial charge in [-0.2, -0.15) is 5.10 Å². The molecule has 8 heteroatoms. The average molecular weight is 400 g/mol. The highest BCUT2D eigenvalue weighted by molar-refractivity contribution is 6.32. The summed E-state index contributed by atoms with van der Waals surface area (Å²) >= 11 is 6.28. The molecule has 1 aromatic carbocycles. The molecule has 0 radical (unpaired) electrons. The van der Waals surface area contributed by atoms with Crippen molar-refractivity contribution < 1.29 is 19.0 Å². The molecule has 0 spiro atoms. The number of pyridine rings is 1. The summed E-state index contributed by atoms with van der Waals surface area (Å²) in [7, 11) is 0. The Labute approximate surface area is 166 Å². The normalized spacial score (nSPS) is 13.1. The third-order valence-corrected chi connectivity index (χ3v) is 4.61. The van der Waals surface area contributed by atoms with Crippen molar-refractivity contribution in [2.45, 2.75) is 20.0 Å². The molecule has 0 amide bonds. The van der Waals surface area contributed by atoms with E-state index in [9.17, 15) is 4.79 Å². The molecule has 1 aliphatic rings. The van der Waals surface area contributed by atoms with Crippen molar-refractivity contribution >= 4 is 17.6 Å². The van der Waals surface area contributed by atoms with Gasteiger partial charge in [-0.25, -0.2) is 14.5 Å². The summed E-state index contributed by atoms with van der Waals surface area (Å²) < 4.78 is 18.3. The number of hydrogen-bond donors (Lipinski definition) is 0. The Hall–Kier alpha value is -3.06. The number of hydrogen-bond acceptors (Lipinski definition) is 6. The summed E-state index contributed by atoms with van der Waals surface area (Å²) in [6.07, 6.45) is 3.93. The molecular formula is C20H18ClN3O4. The Kier molecular flexibility index (Phi) is 5.16. The standard InChI is InChI=1S/C20H18ClN3O4/c1-13-15(11-23-24(13)18-5-2-3-6-22-18)20(25)28-12-14-9-16(21)19-17(10-14)26-7-4-8-27-19/h2-3,5-6,9-11H,4,7-8,12H2,1H3. The number of fused-ring (bicyclic) bond motifs is 1. The van der Waals surface area contributed by atoms with Gasteiger partial charge in [-0.15, -0.1) is 0 Å². The van der Waals surface area contributed by atoms with E-state index in [4.69, 9.17) is 25.8 Å². The molecule has 0 atom stereocenters. The van der Waals surface area contributed by atoms with Crippen LogP contribution < -0.4 is 9.47 Å². The number of nitrogens with zero attached hydrogens (tertiary/aromatic N) is 3. The van der Waals surface area contributed by atoms with Gasteiger partial charge in [-0.05, 0) is 36.8 Å². The van der Waals surface area contributed by atoms with Crippen molar-refractivity contribution in [2.75, 3.05) is 13.2 Å². The van der Waals surface area contributed by atoms with E-state index in [1.165, 1.54) is 6.20 Å². The molecule has 1 aliphatic heterocycles. The first kappa shape index (κ1) is 18.3. The number of carbonyl (C=O) groups is 1. The lowest BCUT2D eigenvalue weighted by atomic mass is 10.2. The van der Waals surface area contributed by atoms with E-state index < -0.39 is 5.97 Å². The zero-order chi connectivity index (χ0) is 19.5. The number of halogens is 1. The molecule has 3 aromatic rings. The summed E-state index contributed by atoms with van der Waals surface area (Å²) in [5, 5.41) is 4.67. The summed E-state index contributed by atoms with van der Waals surface area (Å²) in [6.45, 7) is 2.96. The smallest absolute Gasteiger partial charge is 0.341 e. The van der Waals surface area contributed by atoms with Crippen LogP contribution in [-0.2, 0) is 11.3 Å². The second kappa shape index (κ2) is 7.90. The third kappa shape index (κ3) is 3.66. The Bertz CT molecular complexity index is 1000. The molecule has 0 unspecified atom stereocenters.